The first-order valence-electron chi connectivity index (χ1n) is 16.5. The molecule has 2 aromatic carbocycles. The number of hydroxylamine groups is 4. The number of carbonyl (C=O) groups is 2. The van der Waals surface area contributed by atoms with Crippen LogP contribution >= 0.6 is 22.7 Å². The summed E-state index contributed by atoms with van der Waals surface area (Å²) in [5.41, 5.74) is 3.82. The molecule has 6 rings (SSSR count). The van der Waals surface area contributed by atoms with Gasteiger partial charge in [-0.05, 0) is 87.4 Å². The van der Waals surface area contributed by atoms with Gasteiger partial charge in [0.25, 0.3) is 0 Å². The molecule has 0 amide bonds. The van der Waals surface area contributed by atoms with Crippen LogP contribution in [0.15, 0.2) is 82.8 Å². The van der Waals surface area contributed by atoms with Crippen molar-refractivity contribution in [2.45, 2.75) is 52.7 Å². The van der Waals surface area contributed by atoms with Gasteiger partial charge in [-0.2, -0.15) is 10.1 Å². The van der Waals surface area contributed by atoms with Gasteiger partial charge < -0.3 is 29.8 Å². The highest BCUT2D eigenvalue weighted by Crippen LogP contribution is 2.29. The van der Waals surface area contributed by atoms with Crippen LogP contribution in [0, 0.1) is 0 Å². The lowest BCUT2D eigenvalue weighted by Crippen LogP contribution is -2.41. The Balaban J connectivity index is 0.958. The Labute approximate surface area is 299 Å². The van der Waals surface area contributed by atoms with Gasteiger partial charge >= 0.3 is 11.9 Å². The Morgan fingerprint density at radius 1 is 0.640 bits per heavy atom. The molecule has 2 aromatic heterocycles. The fourth-order valence-corrected chi connectivity index (χ4v) is 7.11. The van der Waals surface area contributed by atoms with Gasteiger partial charge in [-0.25, -0.2) is 19.6 Å². The number of aliphatic imine (C=N–C) groups is 2. The molecular formula is C36H40N6O6S2. The SMILES string of the molecule is CC(C)Oc1ccc(Cc2ccc(NC3=NCCN3OC(=O)C(=O)ON3CCN=C3Nc3ccc(Cc4ccc(OC(C)C)s4)cc3)cc2)s1. The number of guanidine groups is 2. The first-order chi connectivity index (χ1) is 24.2. The van der Waals surface area contributed by atoms with Crippen molar-refractivity contribution in [3.05, 3.63) is 93.7 Å². The van der Waals surface area contributed by atoms with Crippen molar-refractivity contribution in [3.8, 4) is 10.1 Å². The third-order valence-electron chi connectivity index (χ3n) is 7.31. The number of thiophene rings is 2. The number of hydrogen-bond donors (Lipinski definition) is 2. The Kier molecular flexibility index (Phi) is 11.2. The van der Waals surface area contributed by atoms with Crippen molar-refractivity contribution in [3.63, 3.8) is 0 Å². The number of nitrogens with one attached hydrogen (secondary N) is 2. The average Bonchev–Trinajstić information content (AvgIpc) is 3.90. The van der Waals surface area contributed by atoms with Crippen LogP contribution < -0.4 is 20.1 Å². The Morgan fingerprint density at radius 3 is 1.42 bits per heavy atom. The van der Waals surface area contributed by atoms with Crippen molar-refractivity contribution in [2.75, 3.05) is 36.8 Å². The zero-order chi connectivity index (χ0) is 35.0. The van der Waals surface area contributed by atoms with Crippen molar-refractivity contribution in [1.29, 1.82) is 0 Å². The minimum atomic E-state index is -1.17. The molecule has 0 spiro atoms. The summed E-state index contributed by atoms with van der Waals surface area (Å²) in [4.78, 5) is 47.4. The van der Waals surface area contributed by atoms with E-state index < -0.39 is 11.9 Å². The summed E-state index contributed by atoms with van der Waals surface area (Å²) in [6.45, 7) is 9.44. The van der Waals surface area contributed by atoms with E-state index in [9.17, 15) is 9.59 Å². The van der Waals surface area contributed by atoms with E-state index in [0.717, 1.165) is 45.5 Å². The summed E-state index contributed by atoms with van der Waals surface area (Å²) in [6.07, 6.45) is 1.86. The molecule has 14 heteroatoms. The Hall–Kier alpha value is -5.08. The second-order valence-corrected chi connectivity index (χ2v) is 14.4. The minimum absolute atomic E-state index is 0.141. The molecule has 0 bridgehead atoms. The Morgan fingerprint density at radius 2 is 1.04 bits per heavy atom. The zero-order valence-corrected chi connectivity index (χ0v) is 30.0. The largest absolute Gasteiger partial charge is 0.481 e. The topological polar surface area (TPSA) is 126 Å². The molecule has 262 valence electrons. The number of nitrogens with zero attached hydrogens (tertiary/aromatic N) is 4. The van der Waals surface area contributed by atoms with Gasteiger partial charge in [0.15, 0.2) is 10.1 Å². The van der Waals surface area contributed by atoms with Crippen molar-refractivity contribution in [2.24, 2.45) is 9.98 Å². The molecule has 0 fully saturated rings. The van der Waals surface area contributed by atoms with Crippen LogP contribution in [0.5, 0.6) is 10.1 Å². The molecular weight excluding hydrogens is 677 g/mol. The molecule has 0 unspecified atom stereocenters. The van der Waals surface area contributed by atoms with Crippen LogP contribution in [0.3, 0.4) is 0 Å². The fourth-order valence-electron chi connectivity index (χ4n) is 5.09. The fraction of sp³-hybridized carbons (Fsp3) is 0.333. The second-order valence-electron chi connectivity index (χ2n) is 12.1. The first kappa shape index (κ1) is 34.8. The van der Waals surface area contributed by atoms with Crippen molar-refractivity contribution in [1.82, 2.24) is 10.1 Å². The lowest BCUT2D eigenvalue weighted by molar-refractivity contribution is -0.198. The highest BCUT2D eigenvalue weighted by Gasteiger charge is 2.31. The first-order valence-corrected chi connectivity index (χ1v) is 18.1. The van der Waals surface area contributed by atoms with Crippen molar-refractivity contribution < 1.29 is 28.7 Å². The minimum Gasteiger partial charge on any atom is -0.481 e. The van der Waals surface area contributed by atoms with Crippen LogP contribution in [0.1, 0.15) is 48.6 Å². The van der Waals surface area contributed by atoms with E-state index >= 15 is 0 Å². The second kappa shape index (κ2) is 16.1. The molecule has 12 nitrogen and oxygen atoms in total. The quantitative estimate of drug-likeness (QED) is 0.160. The van der Waals surface area contributed by atoms with E-state index in [0.29, 0.717) is 38.1 Å². The molecule has 0 aliphatic carbocycles. The van der Waals surface area contributed by atoms with Gasteiger partial charge in [-0.3, -0.25) is 0 Å². The predicted octanol–water partition coefficient (Wildman–Crippen LogP) is 6.35. The predicted molar refractivity (Wildman–Crippen MR) is 196 cm³/mol. The van der Waals surface area contributed by atoms with Gasteiger partial charge in [0.05, 0.1) is 38.4 Å². The van der Waals surface area contributed by atoms with E-state index in [1.807, 2.05) is 88.4 Å². The number of hydrogen-bond acceptors (Lipinski definition) is 14. The van der Waals surface area contributed by atoms with E-state index in [1.165, 1.54) is 19.9 Å². The highest BCUT2D eigenvalue weighted by atomic mass is 32.1. The maximum atomic E-state index is 12.7. The van der Waals surface area contributed by atoms with E-state index in [2.05, 4.69) is 32.8 Å². The van der Waals surface area contributed by atoms with Gasteiger partial charge in [0.1, 0.15) is 0 Å². The van der Waals surface area contributed by atoms with Gasteiger partial charge in [0.2, 0.25) is 11.9 Å². The van der Waals surface area contributed by atoms with Gasteiger partial charge in [0, 0.05) is 34.0 Å². The summed E-state index contributed by atoms with van der Waals surface area (Å²) in [5, 5.41) is 10.7. The monoisotopic (exact) mass is 716 g/mol. The normalized spacial score (nSPS) is 14.1. The maximum absolute atomic E-state index is 12.7. The van der Waals surface area contributed by atoms with Crippen molar-refractivity contribution >= 4 is 57.9 Å². The lowest BCUT2D eigenvalue weighted by Gasteiger charge is -2.21. The van der Waals surface area contributed by atoms with E-state index in [4.69, 9.17) is 19.1 Å². The molecule has 2 N–H and O–H groups in total. The van der Waals surface area contributed by atoms with Gasteiger partial charge in [-0.15, -0.1) is 22.7 Å². The Bertz CT molecular complexity index is 1700. The lowest BCUT2D eigenvalue weighted by atomic mass is 10.1. The molecule has 4 heterocycles. The van der Waals surface area contributed by atoms with Crippen LogP contribution in [0.4, 0.5) is 11.4 Å². The summed E-state index contributed by atoms with van der Waals surface area (Å²) < 4.78 is 11.6. The number of carbonyl (C=O) groups excluding carboxylic acids is 2. The summed E-state index contributed by atoms with van der Waals surface area (Å²) >= 11 is 3.28. The number of ether oxygens (including phenoxy) is 2. The van der Waals surface area contributed by atoms with Crippen LogP contribution in [-0.2, 0) is 32.1 Å². The molecule has 4 aromatic rings. The van der Waals surface area contributed by atoms with E-state index in [-0.39, 0.29) is 12.2 Å². The standard InChI is InChI=1S/C36H40N6O6S2/c1-23(2)45-31-15-13-29(49-31)21-25-5-9-27(10-6-25)39-35-37-17-19-41(35)47-33(43)34(44)48-42-20-18-38-36(42)40-28-11-7-26(8-12-28)22-30-14-16-32(50-30)46-24(3)4/h5-16,23-24H,17-22H2,1-4H3,(H,37,39)(H,38,40). The molecule has 2 aliphatic heterocycles. The summed E-state index contributed by atoms with van der Waals surface area (Å²) in [6, 6.07) is 24.0. The summed E-state index contributed by atoms with van der Waals surface area (Å²) in [5.74, 6) is -1.69. The molecule has 0 radical (unpaired) electrons. The third-order valence-corrected chi connectivity index (χ3v) is 9.26. The highest BCUT2D eigenvalue weighted by molar-refractivity contribution is 7.14. The molecule has 2 aliphatic rings. The van der Waals surface area contributed by atoms with E-state index in [1.54, 1.807) is 22.7 Å². The third kappa shape index (κ3) is 9.54. The smallest absolute Gasteiger partial charge is 0.444 e. The summed E-state index contributed by atoms with van der Waals surface area (Å²) in [7, 11) is 0. The molecule has 0 saturated carbocycles. The molecule has 0 saturated heterocycles. The number of anilines is 2. The zero-order valence-electron chi connectivity index (χ0n) is 28.4. The van der Waals surface area contributed by atoms with Gasteiger partial charge in [-0.1, -0.05) is 24.3 Å². The maximum Gasteiger partial charge on any atom is 0.444 e. The molecule has 50 heavy (non-hydrogen) atoms. The van der Waals surface area contributed by atoms with Crippen LogP contribution in [-0.4, -0.2) is 72.4 Å². The number of rotatable bonds is 12. The van der Waals surface area contributed by atoms with Crippen LogP contribution in [0.2, 0.25) is 0 Å². The van der Waals surface area contributed by atoms with Crippen LogP contribution in [0.25, 0.3) is 0 Å². The molecule has 0 atom stereocenters. The number of benzene rings is 2. The average molecular weight is 717 g/mol.